The number of halogens is 1. The van der Waals surface area contributed by atoms with Gasteiger partial charge in [-0.25, -0.2) is 4.90 Å². The molecule has 0 unspecified atom stereocenters. The van der Waals surface area contributed by atoms with Crippen LogP contribution in [0.5, 0.6) is 0 Å². The summed E-state index contributed by atoms with van der Waals surface area (Å²) in [6, 6.07) is 9.13. The fourth-order valence-electron chi connectivity index (χ4n) is 3.80. The van der Waals surface area contributed by atoms with Gasteiger partial charge in [0.05, 0.1) is 11.3 Å². The number of carbonyl (C=O) groups excluding carboxylic acids is 2. The van der Waals surface area contributed by atoms with Crippen LogP contribution < -0.4 is 4.90 Å². The summed E-state index contributed by atoms with van der Waals surface area (Å²) in [7, 11) is 0. The summed E-state index contributed by atoms with van der Waals surface area (Å²) in [5.41, 5.74) is 2.30. The first-order valence-corrected chi connectivity index (χ1v) is 10.7. The van der Waals surface area contributed by atoms with E-state index in [2.05, 4.69) is 16.7 Å². The molecule has 1 aromatic heterocycles. The summed E-state index contributed by atoms with van der Waals surface area (Å²) in [6.07, 6.45) is 0. The summed E-state index contributed by atoms with van der Waals surface area (Å²) in [6.45, 7) is 8.20. The molecule has 0 bridgehead atoms. The highest BCUT2D eigenvalue weighted by atomic mass is 35.5. The molecule has 2 aliphatic rings. The van der Waals surface area contributed by atoms with E-state index in [1.54, 1.807) is 18.2 Å². The number of benzene rings is 1. The lowest BCUT2D eigenvalue weighted by atomic mass is 10.1. The van der Waals surface area contributed by atoms with E-state index in [-0.39, 0.29) is 11.8 Å². The van der Waals surface area contributed by atoms with Crippen LogP contribution in [-0.2, 0) is 9.59 Å². The largest absolute Gasteiger partial charge is 0.364 e. The van der Waals surface area contributed by atoms with E-state index in [1.165, 1.54) is 16.2 Å². The summed E-state index contributed by atoms with van der Waals surface area (Å²) >= 11 is 7.75. The van der Waals surface area contributed by atoms with Gasteiger partial charge < -0.3 is 9.80 Å². The van der Waals surface area contributed by atoms with E-state index in [9.17, 15) is 9.59 Å². The molecule has 2 aromatic rings. The zero-order valence-corrected chi connectivity index (χ0v) is 17.5. The number of rotatable bonds is 4. The second kappa shape index (κ2) is 7.70. The van der Waals surface area contributed by atoms with E-state index in [1.807, 2.05) is 24.4 Å². The van der Waals surface area contributed by atoms with Crippen LogP contribution in [0.15, 0.2) is 41.4 Å². The average molecular weight is 416 g/mol. The van der Waals surface area contributed by atoms with Crippen molar-refractivity contribution in [3.8, 4) is 0 Å². The Labute approximate surface area is 173 Å². The van der Waals surface area contributed by atoms with Crippen molar-refractivity contribution in [3.63, 3.8) is 0 Å². The van der Waals surface area contributed by atoms with Gasteiger partial charge in [-0.2, -0.15) is 0 Å². The Morgan fingerprint density at radius 3 is 2.43 bits per heavy atom. The highest BCUT2D eigenvalue weighted by molar-refractivity contribution is 7.11. The molecular formula is C21H22ClN3O2S. The summed E-state index contributed by atoms with van der Waals surface area (Å²) in [5, 5.41) is 2.47. The number of imide groups is 1. The lowest BCUT2D eigenvalue weighted by molar-refractivity contribution is -0.120. The summed E-state index contributed by atoms with van der Waals surface area (Å²) in [4.78, 5) is 33.5. The topological polar surface area (TPSA) is 43.9 Å². The third kappa shape index (κ3) is 3.15. The molecular weight excluding hydrogens is 394 g/mol. The molecule has 0 atom stereocenters. The quantitative estimate of drug-likeness (QED) is 0.715. The van der Waals surface area contributed by atoms with Gasteiger partial charge in [-0.15, -0.1) is 11.3 Å². The minimum Gasteiger partial charge on any atom is -0.364 e. The van der Waals surface area contributed by atoms with Gasteiger partial charge in [0.25, 0.3) is 11.8 Å². The number of thiophene rings is 1. The second-order valence-electron chi connectivity index (χ2n) is 6.95. The standard InChI is InChI=1S/C21H22ClN3O2S/c1-3-23-9-11-24(12-10-23)19-18(17-8-5-13-28-17)20(26)25(21(19)27)16-7-4-6-15(22)14(16)2/h4-8,13H,3,9-12H2,1-2H3. The van der Waals surface area contributed by atoms with Crippen molar-refractivity contribution >= 4 is 46.0 Å². The first kappa shape index (κ1) is 19.2. The minimum atomic E-state index is -0.272. The van der Waals surface area contributed by atoms with Crippen molar-refractivity contribution in [2.45, 2.75) is 13.8 Å². The van der Waals surface area contributed by atoms with Crippen molar-refractivity contribution in [2.24, 2.45) is 0 Å². The van der Waals surface area contributed by atoms with Crippen LogP contribution >= 0.6 is 22.9 Å². The van der Waals surface area contributed by atoms with Crippen LogP contribution in [0.2, 0.25) is 5.02 Å². The SMILES string of the molecule is CCN1CCN(C2=C(c3cccs3)C(=O)N(c3cccc(Cl)c3C)C2=O)CC1. The number of carbonyl (C=O) groups is 2. The Morgan fingerprint density at radius 2 is 1.79 bits per heavy atom. The zero-order chi connectivity index (χ0) is 19.8. The molecule has 3 heterocycles. The molecule has 146 valence electrons. The summed E-state index contributed by atoms with van der Waals surface area (Å²) < 4.78 is 0. The monoisotopic (exact) mass is 415 g/mol. The molecule has 2 amide bonds. The number of likely N-dealkylation sites (N-methyl/N-ethyl adjacent to an activating group) is 1. The van der Waals surface area contributed by atoms with Gasteiger partial charge in [-0.3, -0.25) is 9.59 Å². The Bertz CT molecular complexity index is 947. The lowest BCUT2D eigenvalue weighted by Gasteiger charge is -2.35. The van der Waals surface area contributed by atoms with Crippen molar-refractivity contribution in [3.05, 3.63) is 56.9 Å². The predicted octanol–water partition coefficient (Wildman–Crippen LogP) is 3.63. The maximum atomic E-state index is 13.5. The second-order valence-corrected chi connectivity index (χ2v) is 8.31. The van der Waals surface area contributed by atoms with Gasteiger partial charge in [0.1, 0.15) is 5.70 Å². The smallest absolute Gasteiger partial charge is 0.282 e. The van der Waals surface area contributed by atoms with Crippen LogP contribution in [0.4, 0.5) is 5.69 Å². The molecule has 0 radical (unpaired) electrons. The Balaban J connectivity index is 1.78. The van der Waals surface area contributed by atoms with Gasteiger partial charge >= 0.3 is 0 Å². The number of anilines is 1. The molecule has 4 rings (SSSR count). The van der Waals surface area contributed by atoms with Crippen molar-refractivity contribution in [1.82, 2.24) is 9.80 Å². The minimum absolute atomic E-state index is 0.260. The van der Waals surface area contributed by atoms with Crippen molar-refractivity contribution in [2.75, 3.05) is 37.6 Å². The molecule has 0 spiro atoms. The number of hydrogen-bond acceptors (Lipinski definition) is 5. The average Bonchev–Trinajstić information content (AvgIpc) is 3.31. The van der Waals surface area contributed by atoms with Gasteiger partial charge in [-0.05, 0) is 42.6 Å². The van der Waals surface area contributed by atoms with Gasteiger partial charge in [0, 0.05) is 36.1 Å². The van der Waals surface area contributed by atoms with E-state index in [0.717, 1.165) is 43.2 Å². The zero-order valence-electron chi connectivity index (χ0n) is 15.9. The molecule has 0 saturated carbocycles. The molecule has 2 aliphatic heterocycles. The van der Waals surface area contributed by atoms with Crippen LogP contribution in [0.1, 0.15) is 17.4 Å². The first-order chi connectivity index (χ1) is 13.5. The fourth-order valence-corrected chi connectivity index (χ4v) is 4.73. The third-order valence-corrected chi connectivity index (χ3v) is 6.74. The van der Waals surface area contributed by atoms with Gasteiger partial charge in [0.2, 0.25) is 0 Å². The molecule has 1 fully saturated rings. The van der Waals surface area contributed by atoms with Crippen molar-refractivity contribution < 1.29 is 9.59 Å². The van der Waals surface area contributed by atoms with Crippen LogP contribution in [0.25, 0.3) is 5.57 Å². The fraction of sp³-hybridized carbons (Fsp3) is 0.333. The van der Waals surface area contributed by atoms with E-state index >= 15 is 0 Å². The van der Waals surface area contributed by atoms with Crippen LogP contribution in [0, 0.1) is 6.92 Å². The number of nitrogens with zero attached hydrogens (tertiary/aromatic N) is 3. The van der Waals surface area contributed by atoms with Gasteiger partial charge in [-0.1, -0.05) is 30.7 Å². The Kier molecular flexibility index (Phi) is 5.27. The predicted molar refractivity (Wildman–Crippen MR) is 114 cm³/mol. The van der Waals surface area contributed by atoms with E-state index in [4.69, 9.17) is 11.6 Å². The highest BCUT2D eigenvalue weighted by Gasteiger charge is 2.43. The molecule has 0 aliphatic carbocycles. The molecule has 0 N–H and O–H groups in total. The molecule has 7 heteroatoms. The maximum Gasteiger partial charge on any atom is 0.282 e. The molecule has 28 heavy (non-hydrogen) atoms. The normalized spacial score (nSPS) is 18.5. The Morgan fingerprint density at radius 1 is 1.04 bits per heavy atom. The maximum absolute atomic E-state index is 13.5. The lowest BCUT2D eigenvalue weighted by Crippen LogP contribution is -2.47. The summed E-state index contributed by atoms with van der Waals surface area (Å²) in [5.74, 6) is -0.533. The number of piperazine rings is 1. The van der Waals surface area contributed by atoms with E-state index in [0.29, 0.717) is 22.0 Å². The molecule has 1 saturated heterocycles. The first-order valence-electron chi connectivity index (χ1n) is 9.42. The van der Waals surface area contributed by atoms with E-state index < -0.39 is 0 Å². The van der Waals surface area contributed by atoms with Gasteiger partial charge in [0.15, 0.2) is 0 Å². The molecule has 5 nitrogen and oxygen atoms in total. The van der Waals surface area contributed by atoms with Crippen molar-refractivity contribution in [1.29, 1.82) is 0 Å². The number of hydrogen-bond donors (Lipinski definition) is 0. The molecule has 1 aromatic carbocycles. The third-order valence-electron chi connectivity index (χ3n) is 5.44. The Hall–Kier alpha value is -2.15. The highest BCUT2D eigenvalue weighted by Crippen LogP contribution is 2.38. The van der Waals surface area contributed by atoms with Crippen LogP contribution in [0.3, 0.4) is 0 Å². The van der Waals surface area contributed by atoms with Crippen LogP contribution in [-0.4, -0.2) is 54.3 Å². The number of amides is 2.